The van der Waals surface area contributed by atoms with Gasteiger partial charge in [-0.05, 0) is 11.6 Å². The number of morpholine rings is 1. The highest BCUT2D eigenvalue weighted by molar-refractivity contribution is 5.86. The standard InChI is InChI=1S/C11H14N2O2/c14-11(10-8-15-5-4-13-10)6-9-2-1-3-12-7-9/h1-3,7,10,13H,4-6,8H2. The van der Waals surface area contributed by atoms with Gasteiger partial charge in [-0.2, -0.15) is 0 Å². The van der Waals surface area contributed by atoms with E-state index in [0.29, 0.717) is 19.6 Å². The lowest BCUT2D eigenvalue weighted by molar-refractivity contribution is -0.123. The third-order valence-electron chi connectivity index (χ3n) is 2.41. The monoisotopic (exact) mass is 206 g/mol. The minimum Gasteiger partial charge on any atom is -0.378 e. The molecule has 0 radical (unpaired) electrons. The number of ketones is 1. The summed E-state index contributed by atoms with van der Waals surface area (Å²) in [5.41, 5.74) is 0.954. The minimum absolute atomic E-state index is 0.154. The fraction of sp³-hybridized carbons (Fsp3) is 0.455. The van der Waals surface area contributed by atoms with Crippen LogP contribution in [0, 0.1) is 0 Å². The molecule has 1 aromatic heterocycles. The zero-order chi connectivity index (χ0) is 10.5. The van der Waals surface area contributed by atoms with Crippen LogP contribution in [0.5, 0.6) is 0 Å². The van der Waals surface area contributed by atoms with Crippen molar-refractivity contribution >= 4 is 5.78 Å². The molecule has 1 aliphatic heterocycles. The maximum atomic E-state index is 11.8. The molecular formula is C11H14N2O2. The van der Waals surface area contributed by atoms with E-state index < -0.39 is 0 Å². The zero-order valence-corrected chi connectivity index (χ0v) is 8.48. The molecule has 1 saturated heterocycles. The summed E-state index contributed by atoms with van der Waals surface area (Å²) in [6.45, 7) is 1.93. The van der Waals surface area contributed by atoms with Crippen molar-refractivity contribution in [2.24, 2.45) is 0 Å². The fourth-order valence-electron chi connectivity index (χ4n) is 1.60. The van der Waals surface area contributed by atoms with Crippen LogP contribution in [0.2, 0.25) is 0 Å². The third kappa shape index (κ3) is 2.84. The van der Waals surface area contributed by atoms with Crippen LogP contribution in [-0.4, -0.2) is 36.6 Å². The summed E-state index contributed by atoms with van der Waals surface area (Å²) in [6.07, 6.45) is 3.85. The van der Waals surface area contributed by atoms with Gasteiger partial charge in [0.1, 0.15) is 0 Å². The molecule has 1 N–H and O–H groups in total. The molecule has 15 heavy (non-hydrogen) atoms. The number of carbonyl (C=O) groups is 1. The first-order valence-corrected chi connectivity index (χ1v) is 5.09. The van der Waals surface area contributed by atoms with Crippen LogP contribution >= 0.6 is 0 Å². The van der Waals surface area contributed by atoms with Gasteiger partial charge in [0.2, 0.25) is 0 Å². The topological polar surface area (TPSA) is 51.2 Å². The first kappa shape index (κ1) is 10.3. The number of pyridine rings is 1. The van der Waals surface area contributed by atoms with Gasteiger partial charge in [-0.15, -0.1) is 0 Å². The average molecular weight is 206 g/mol. The molecule has 0 spiro atoms. The van der Waals surface area contributed by atoms with Gasteiger partial charge in [0.05, 0.1) is 19.3 Å². The Morgan fingerprint density at radius 3 is 3.27 bits per heavy atom. The van der Waals surface area contributed by atoms with Crippen LogP contribution in [0.4, 0.5) is 0 Å². The van der Waals surface area contributed by atoms with Crippen LogP contribution in [0.3, 0.4) is 0 Å². The lowest BCUT2D eigenvalue weighted by atomic mass is 10.1. The Morgan fingerprint density at radius 1 is 1.67 bits per heavy atom. The molecule has 0 amide bonds. The van der Waals surface area contributed by atoms with Crippen LogP contribution in [0.1, 0.15) is 5.56 Å². The van der Waals surface area contributed by atoms with Gasteiger partial charge in [-0.1, -0.05) is 6.07 Å². The van der Waals surface area contributed by atoms with E-state index in [1.807, 2.05) is 12.1 Å². The molecule has 2 rings (SSSR count). The molecule has 80 valence electrons. The number of aromatic nitrogens is 1. The van der Waals surface area contributed by atoms with E-state index in [0.717, 1.165) is 12.1 Å². The second-order valence-electron chi connectivity index (χ2n) is 3.59. The van der Waals surface area contributed by atoms with Crippen molar-refractivity contribution in [3.8, 4) is 0 Å². The zero-order valence-electron chi connectivity index (χ0n) is 8.48. The van der Waals surface area contributed by atoms with Crippen molar-refractivity contribution in [1.82, 2.24) is 10.3 Å². The quantitative estimate of drug-likeness (QED) is 0.766. The number of carbonyl (C=O) groups excluding carboxylic acids is 1. The summed E-state index contributed by atoms with van der Waals surface area (Å²) >= 11 is 0. The third-order valence-corrected chi connectivity index (χ3v) is 2.41. The van der Waals surface area contributed by atoms with Crippen molar-refractivity contribution in [2.45, 2.75) is 12.5 Å². The smallest absolute Gasteiger partial charge is 0.156 e. The molecule has 2 heterocycles. The minimum atomic E-state index is -0.154. The highest BCUT2D eigenvalue weighted by atomic mass is 16.5. The molecule has 1 aromatic rings. The number of Topliss-reactive ketones (excluding diaryl/α,β-unsaturated/α-hetero) is 1. The Kier molecular flexibility index (Phi) is 3.42. The van der Waals surface area contributed by atoms with Crippen LogP contribution in [0.25, 0.3) is 0 Å². The van der Waals surface area contributed by atoms with Gasteiger partial charge in [0, 0.05) is 25.4 Å². The Hall–Kier alpha value is -1.26. The summed E-state index contributed by atoms with van der Waals surface area (Å²) in [6, 6.07) is 3.60. The van der Waals surface area contributed by atoms with Crippen molar-refractivity contribution in [1.29, 1.82) is 0 Å². The van der Waals surface area contributed by atoms with E-state index in [1.165, 1.54) is 0 Å². The molecule has 1 aliphatic rings. The first-order chi connectivity index (χ1) is 7.36. The van der Waals surface area contributed by atoms with E-state index >= 15 is 0 Å². The normalized spacial score (nSPS) is 21.2. The highest BCUT2D eigenvalue weighted by Crippen LogP contribution is 2.02. The number of rotatable bonds is 3. The summed E-state index contributed by atoms with van der Waals surface area (Å²) in [5, 5.41) is 3.14. The maximum absolute atomic E-state index is 11.8. The first-order valence-electron chi connectivity index (χ1n) is 5.09. The molecule has 1 atom stereocenters. The SMILES string of the molecule is O=C(Cc1cccnc1)C1COCCN1. The Morgan fingerprint density at radius 2 is 2.60 bits per heavy atom. The summed E-state index contributed by atoms with van der Waals surface area (Å²) in [7, 11) is 0. The Bertz CT molecular complexity index is 321. The van der Waals surface area contributed by atoms with E-state index in [2.05, 4.69) is 10.3 Å². The lowest BCUT2D eigenvalue weighted by Gasteiger charge is -2.22. The van der Waals surface area contributed by atoms with Crippen molar-refractivity contribution < 1.29 is 9.53 Å². The van der Waals surface area contributed by atoms with Gasteiger partial charge < -0.3 is 10.1 Å². The molecule has 0 bridgehead atoms. The summed E-state index contributed by atoms with van der Waals surface area (Å²) in [5.74, 6) is 0.169. The largest absolute Gasteiger partial charge is 0.378 e. The summed E-state index contributed by atoms with van der Waals surface area (Å²) in [4.78, 5) is 15.8. The number of nitrogens with zero attached hydrogens (tertiary/aromatic N) is 1. The predicted molar refractivity (Wildman–Crippen MR) is 55.6 cm³/mol. The average Bonchev–Trinajstić information content (AvgIpc) is 2.31. The fourth-order valence-corrected chi connectivity index (χ4v) is 1.60. The van der Waals surface area contributed by atoms with Crippen molar-refractivity contribution in [2.75, 3.05) is 19.8 Å². The highest BCUT2D eigenvalue weighted by Gasteiger charge is 2.20. The molecule has 1 unspecified atom stereocenters. The second kappa shape index (κ2) is 5.00. The van der Waals surface area contributed by atoms with Gasteiger partial charge in [0.25, 0.3) is 0 Å². The molecule has 1 fully saturated rings. The number of hydrogen-bond donors (Lipinski definition) is 1. The van der Waals surface area contributed by atoms with Gasteiger partial charge in [0.15, 0.2) is 5.78 Å². The van der Waals surface area contributed by atoms with E-state index in [-0.39, 0.29) is 11.8 Å². The van der Waals surface area contributed by atoms with Crippen LogP contribution < -0.4 is 5.32 Å². The van der Waals surface area contributed by atoms with Crippen molar-refractivity contribution in [3.63, 3.8) is 0 Å². The second-order valence-corrected chi connectivity index (χ2v) is 3.59. The van der Waals surface area contributed by atoms with E-state index in [1.54, 1.807) is 12.4 Å². The van der Waals surface area contributed by atoms with E-state index in [4.69, 9.17) is 4.74 Å². The lowest BCUT2D eigenvalue weighted by Crippen LogP contribution is -2.47. The molecule has 0 aliphatic carbocycles. The number of nitrogens with one attached hydrogen (secondary N) is 1. The van der Waals surface area contributed by atoms with E-state index in [9.17, 15) is 4.79 Å². The van der Waals surface area contributed by atoms with Crippen molar-refractivity contribution in [3.05, 3.63) is 30.1 Å². The molecular weight excluding hydrogens is 192 g/mol. The Balaban J connectivity index is 1.91. The predicted octanol–water partition coefficient (Wildman–Crippen LogP) is 0.182. The van der Waals surface area contributed by atoms with Crippen LogP contribution in [0.15, 0.2) is 24.5 Å². The van der Waals surface area contributed by atoms with Gasteiger partial charge >= 0.3 is 0 Å². The maximum Gasteiger partial charge on any atom is 0.156 e. The number of ether oxygens (including phenoxy) is 1. The molecule has 0 aromatic carbocycles. The van der Waals surface area contributed by atoms with Gasteiger partial charge in [-0.3, -0.25) is 9.78 Å². The van der Waals surface area contributed by atoms with Crippen LogP contribution in [-0.2, 0) is 16.0 Å². The number of hydrogen-bond acceptors (Lipinski definition) is 4. The van der Waals surface area contributed by atoms with Gasteiger partial charge in [-0.25, -0.2) is 0 Å². The molecule has 4 nitrogen and oxygen atoms in total. The summed E-state index contributed by atoms with van der Waals surface area (Å²) < 4.78 is 5.24. The Labute approximate surface area is 88.7 Å². The molecule has 0 saturated carbocycles. The molecule has 4 heteroatoms.